The first kappa shape index (κ1) is 21.0. The zero-order chi connectivity index (χ0) is 19.5. The van der Waals surface area contributed by atoms with Crippen LogP contribution in [-0.4, -0.2) is 37.6 Å². The summed E-state index contributed by atoms with van der Waals surface area (Å²) in [6.45, 7) is -0.141. The average molecular weight is 451 g/mol. The first-order valence-electron chi connectivity index (χ1n) is 8.00. The Morgan fingerprint density at radius 2 is 2.00 bits per heavy atom. The lowest BCUT2D eigenvalue weighted by atomic mass is 10.2. The molecule has 27 heavy (non-hydrogen) atoms. The maximum absolute atomic E-state index is 11.8. The number of nitrogens with one attached hydrogen (secondary N) is 1. The fourth-order valence-electron chi connectivity index (χ4n) is 1.95. The highest BCUT2D eigenvalue weighted by atomic mass is 79.9. The molecule has 0 unspecified atom stereocenters. The summed E-state index contributed by atoms with van der Waals surface area (Å²) in [4.78, 5) is 22.8. The molecule has 0 atom stereocenters. The maximum atomic E-state index is 11.8. The van der Waals surface area contributed by atoms with Crippen molar-refractivity contribution < 1.29 is 19.1 Å². The van der Waals surface area contributed by atoms with Crippen LogP contribution in [0.1, 0.15) is 11.1 Å². The summed E-state index contributed by atoms with van der Waals surface area (Å²) in [7, 11) is 1.30. The van der Waals surface area contributed by atoms with E-state index in [0.717, 1.165) is 21.4 Å². The van der Waals surface area contributed by atoms with Gasteiger partial charge in [0.05, 0.1) is 19.1 Å². The second kappa shape index (κ2) is 11.4. The van der Waals surface area contributed by atoms with Crippen LogP contribution in [0.15, 0.2) is 58.1 Å². The molecule has 0 bridgehead atoms. The zero-order valence-electron chi connectivity index (χ0n) is 14.7. The molecule has 0 saturated carbocycles. The normalized spacial score (nSPS) is 10.6. The summed E-state index contributed by atoms with van der Waals surface area (Å²) in [6.07, 6.45) is 1.54. The predicted octanol–water partition coefficient (Wildman–Crippen LogP) is 3.38. The molecule has 0 aliphatic heterocycles. The molecule has 142 valence electrons. The third kappa shape index (κ3) is 8.27. The number of hydrazone groups is 1. The Morgan fingerprint density at radius 3 is 2.70 bits per heavy atom. The lowest BCUT2D eigenvalue weighted by Gasteiger charge is -2.04. The molecule has 1 amide bonds. The SMILES string of the molecule is COC(=O)COc1ccc(/C=N/NC(=O)CSCc2cccc(Br)c2)cc1. The number of halogens is 1. The molecular weight excluding hydrogens is 432 g/mol. The van der Waals surface area contributed by atoms with Crippen LogP contribution < -0.4 is 10.2 Å². The van der Waals surface area contributed by atoms with E-state index in [1.165, 1.54) is 18.9 Å². The number of carbonyl (C=O) groups is 2. The van der Waals surface area contributed by atoms with E-state index >= 15 is 0 Å². The van der Waals surface area contributed by atoms with E-state index in [1.807, 2.05) is 24.3 Å². The van der Waals surface area contributed by atoms with E-state index in [9.17, 15) is 9.59 Å². The van der Waals surface area contributed by atoms with Gasteiger partial charge in [0.25, 0.3) is 0 Å². The number of thioether (sulfide) groups is 1. The van der Waals surface area contributed by atoms with Gasteiger partial charge in [-0.05, 0) is 47.5 Å². The smallest absolute Gasteiger partial charge is 0.343 e. The van der Waals surface area contributed by atoms with Crippen LogP contribution in [0, 0.1) is 0 Å². The third-order valence-electron chi connectivity index (χ3n) is 3.26. The Balaban J connectivity index is 1.69. The molecule has 0 aliphatic rings. The monoisotopic (exact) mass is 450 g/mol. The predicted molar refractivity (Wildman–Crippen MR) is 110 cm³/mol. The van der Waals surface area contributed by atoms with Crippen LogP contribution in [-0.2, 0) is 20.1 Å². The summed E-state index contributed by atoms with van der Waals surface area (Å²) in [5.74, 6) is 1.02. The average Bonchev–Trinajstić information content (AvgIpc) is 2.67. The first-order valence-corrected chi connectivity index (χ1v) is 9.95. The van der Waals surface area contributed by atoms with Gasteiger partial charge >= 0.3 is 5.97 Å². The van der Waals surface area contributed by atoms with Crippen molar-refractivity contribution in [1.82, 2.24) is 5.43 Å². The van der Waals surface area contributed by atoms with Crippen LogP contribution in [0.2, 0.25) is 0 Å². The van der Waals surface area contributed by atoms with Crippen molar-refractivity contribution >= 4 is 45.8 Å². The second-order valence-electron chi connectivity index (χ2n) is 5.35. The maximum Gasteiger partial charge on any atom is 0.343 e. The first-order chi connectivity index (χ1) is 13.1. The zero-order valence-corrected chi connectivity index (χ0v) is 17.1. The molecule has 0 fully saturated rings. The lowest BCUT2D eigenvalue weighted by Crippen LogP contribution is -2.19. The fourth-order valence-corrected chi connectivity index (χ4v) is 3.16. The minimum Gasteiger partial charge on any atom is -0.482 e. The molecular formula is C19H19BrN2O4S. The van der Waals surface area contributed by atoms with Crippen LogP contribution in [0.25, 0.3) is 0 Å². The summed E-state index contributed by atoms with van der Waals surface area (Å²) in [5.41, 5.74) is 4.45. The summed E-state index contributed by atoms with van der Waals surface area (Å²) in [6, 6.07) is 14.9. The Bertz CT molecular complexity index is 797. The molecule has 2 aromatic carbocycles. The number of hydrogen-bond acceptors (Lipinski definition) is 6. The van der Waals surface area contributed by atoms with Crippen molar-refractivity contribution in [2.45, 2.75) is 5.75 Å². The molecule has 0 spiro atoms. The standard InChI is InChI=1S/C19H19BrN2O4S/c1-25-19(24)11-26-17-7-5-14(6-8-17)10-21-22-18(23)13-27-12-15-3-2-4-16(20)9-15/h2-10H,11-13H2,1H3,(H,22,23)/b21-10+. The quantitative estimate of drug-likeness (QED) is 0.359. The topological polar surface area (TPSA) is 77.0 Å². The van der Waals surface area contributed by atoms with Gasteiger partial charge in [-0.25, -0.2) is 10.2 Å². The number of amides is 1. The highest BCUT2D eigenvalue weighted by Crippen LogP contribution is 2.16. The molecule has 0 saturated heterocycles. The van der Waals surface area contributed by atoms with Gasteiger partial charge < -0.3 is 9.47 Å². The molecule has 0 aliphatic carbocycles. The number of carbonyl (C=O) groups excluding carboxylic acids is 2. The minimum absolute atomic E-state index is 0.141. The van der Waals surface area contributed by atoms with E-state index in [2.05, 4.69) is 31.2 Å². The number of hydrogen-bond donors (Lipinski definition) is 1. The van der Waals surface area contributed by atoms with Gasteiger partial charge in [-0.1, -0.05) is 28.1 Å². The molecule has 6 nitrogen and oxygen atoms in total. The summed E-state index contributed by atoms with van der Waals surface area (Å²) >= 11 is 4.95. The fraction of sp³-hybridized carbons (Fsp3) is 0.211. The molecule has 1 N–H and O–H groups in total. The second-order valence-corrected chi connectivity index (χ2v) is 7.25. The van der Waals surface area contributed by atoms with E-state index in [4.69, 9.17) is 4.74 Å². The van der Waals surface area contributed by atoms with Gasteiger partial charge in [-0.2, -0.15) is 5.10 Å². The highest BCUT2D eigenvalue weighted by Gasteiger charge is 2.02. The molecule has 2 aromatic rings. The molecule has 0 aromatic heterocycles. The number of methoxy groups -OCH3 is 1. The number of rotatable bonds is 9. The summed E-state index contributed by atoms with van der Waals surface area (Å²) < 4.78 is 10.8. The highest BCUT2D eigenvalue weighted by molar-refractivity contribution is 9.10. The Kier molecular flexibility index (Phi) is 8.86. The number of nitrogens with zero attached hydrogens (tertiary/aromatic N) is 1. The summed E-state index contributed by atoms with van der Waals surface area (Å²) in [5, 5.41) is 3.94. The van der Waals surface area contributed by atoms with Crippen LogP contribution >= 0.6 is 27.7 Å². The van der Waals surface area contributed by atoms with Crippen molar-refractivity contribution in [1.29, 1.82) is 0 Å². The van der Waals surface area contributed by atoms with Gasteiger partial charge in [0.1, 0.15) is 5.75 Å². The van der Waals surface area contributed by atoms with Crippen LogP contribution in [0.4, 0.5) is 0 Å². The van der Waals surface area contributed by atoms with Crippen molar-refractivity contribution in [2.24, 2.45) is 5.10 Å². The third-order valence-corrected chi connectivity index (χ3v) is 4.76. The van der Waals surface area contributed by atoms with Crippen molar-refractivity contribution in [3.63, 3.8) is 0 Å². The number of benzene rings is 2. The Labute approximate surface area is 170 Å². The molecule has 0 heterocycles. The lowest BCUT2D eigenvalue weighted by molar-refractivity contribution is -0.142. The van der Waals surface area contributed by atoms with E-state index < -0.39 is 5.97 Å². The van der Waals surface area contributed by atoms with E-state index in [0.29, 0.717) is 11.5 Å². The van der Waals surface area contributed by atoms with E-state index in [-0.39, 0.29) is 12.5 Å². The van der Waals surface area contributed by atoms with Crippen molar-refractivity contribution in [2.75, 3.05) is 19.5 Å². The van der Waals surface area contributed by atoms with Crippen molar-refractivity contribution in [3.8, 4) is 5.75 Å². The van der Waals surface area contributed by atoms with Crippen molar-refractivity contribution in [3.05, 3.63) is 64.1 Å². The van der Waals surface area contributed by atoms with Gasteiger partial charge in [-0.15, -0.1) is 11.8 Å². The van der Waals surface area contributed by atoms with Gasteiger partial charge in [0, 0.05) is 10.2 Å². The molecule has 0 radical (unpaired) electrons. The number of esters is 1. The van der Waals surface area contributed by atoms with Gasteiger partial charge in [0.2, 0.25) is 5.91 Å². The Morgan fingerprint density at radius 1 is 1.22 bits per heavy atom. The Hall–Kier alpha value is -2.32. The molecule has 2 rings (SSSR count). The van der Waals surface area contributed by atoms with E-state index in [1.54, 1.807) is 30.5 Å². The van der Waals surface area contributed by atoms with Crippen LogP contribution in [0.5, 0.6) is 5.75 Å². The largest absolute Gasteiger partial charge is 0.482 e. The van der Waals surface area contributed by atoms with Gasteiger partial charge in [-0.3, -0.25) is 4.79 Å². The minimum atomic E-state index is -0.443. The molecule has 8 heteroatoms. The number of ether oxygens (including phenoxy) is 2. The van der Waals surface area contributed by atoms with Gasteiger partial charge in [0.15, 0.2) is 6.61 Å². The van der Waals surface area contributed by atoms with Crippen LogP contribution in [0.3, 0.4) is 0 Å².